The van der Waals surface area contributed by atoms with Crippen molar-refractivity contribution in [3.8, 4) is 5.75 Å². The van der Waals surface area contributed by atoms with Gasteiger partial charge >= 0.3 is 0 Å². The number of halogens is 2. The predicted molar refractivity (Wildman–Crippen MR) is 114 cm³/mol. The number of ether oxygens (including phenoxy) is 1. The third-order valence-corrected chi connectivity index (χ3v) is 5.19. The summed E-state index contributed by atoms with van der Waals surface area (Å²) in [5.74, 6) is -0.339. The maximum Gasteiger partial charge on any atom is 0.286 e. The van der Waals surface area contributed by atoms with Crippen LogP contribution in [-0.2, 0) is 16.2 Å². The summed E-state index contributed by atoms with van der Waals surface area (Å²) in [5.41, 5.74) is 2.80. The van der Waals surface area contributed by atoms with E-state index in [9.17, 15) is 9.59 Å². The molecule has 1 N–H and O–H groups in total. The zero-order chi connectivity index (χ0) is 20.3. The molecule has 1 aliphatic rings. The Bertz CT molecular complexity index is 978. The molecule has 0 radical (unpaired) electrons. The first-order chi connectivity index (χ1) is 13.3. The fourth-order valence-electron chi connectivity index (χ4n) is 2.41. The van der Waals surface area contributed by atoms with Gasteiger partial charge in [-0.25, -0.2) is 0 Å². The number of hydrogen-bond donors (Lipinski definition) is 1. The summed E-state index contributed by atoms with van der Waals surface area (Å²) in [4.78, 5) is 27.2. The highest BCUT2D eigenvalue weighted by atomic mass is 35.5. The minimum absolute atomic E-state index is 0.249. The molecule has 28 heavy (non-hydrogen) atoms. The molecule has 0 atom stereocenters. The van der Waals surface area contributed by atoms with Crippen LogP contribution in [0.15, 0.2) is 46.3 Å². The van der Waals surface area contributed by atoms with Crippen molar-refractivity contribution < 1.29 is 14.3 Å². The first-order valence-electron chi connectivity index (χ1n) is 8.29. The number of carbonyl (C=O) groups excluding carboxylic acids is 2. The zero-order valence-corrected chi connectivity index (χ0v) is 17.4. The Labute approximate surface area is 176 Å². The number of aryl methyl sites for hydroxylation is 1. The smallest absolute Gasteiger partial charge is 0.286 e. The summed E-state index contributed by atoms with van der Waals surface area (Å²) >= 11 is 13.7. The molecule has 3 rings (SSSR count). The molecule has 0 unspecified atom stereocenters. The van der Waals surface area contributed by atoms with E-state index in [1.807, 2.05) is 31.2 Å². The van der Waals surface area contributed by atoms with Crippen molar-refractivity contribution >= 4 is 58.0 Å². The highest BCUT2D eigenvalue weighted by Gasteiger charge is 2.22. The van der Waals surface area contributed by atoms with Crippen molar-refractivity contribution in [2.45, 2.75) is 20.5 Å². The second kappa shape index (κ2) is 8.82. The van der Waals surface area contributed by atoms with Crippen LogP contribution in [-0.4, -0.2) is 17.0 Å². The van der Waals surface area contributed by atoms with Crippen LogP contribution in [0.1, 0.15) is 23.6 Å². The lowest BCUT2D eigenvalue weighted by atomic mass is 10.1. The van der Waals surface area contributed by atoms with Gasteiger partial charge in [-0.1, -0.05) is 53.0 Å². The number of carbonyl (C=O) groups is 2. The van der Waals surface area contributed by atoms with Crippen LogP contribution in [0.25, 0.3) is 6.08 Å². The Morgan fingerprint density at radius 1 is 1.21 bits per heavy atom. The van der Waals surface area contributed by atoms with Gasteiger partial charge in [-0.05, 0) is 48.0 Å². The van der Waals surface area contributed by atoms with Crippen LogP contribution in [0.4, 0.5) is 0 Å². The molecular weight excluding hydrogens is 419 g/mol. The van der Waals surface area contributed by atoms with Crippen molar-refractivity contribution in [1.29, 1.82) is 0 Å². The molecule has 2 aromatic rings. The lowest BCUT2D eigenvalue weighted by molar-refractivity contribution is -0.117. The molecule has 0 bridgehead atoms. The molecule has 0 spiro atoms. The minimum Gasteiger partial charge on any atom is -0.486 e. The van der Waals surface area contributed by atoms with E-state index in [0.717, 1.165) is 17.3 Å². The summed E-state index contributed by atoms with van der Waals surface area (Å²) in [7, 11) is 0. The Morgan fingerprint density at radius 3 is 2.46 bits per heavy atom. The van der Waals surface area contributed by atoms with Crippen molar-refractivity contribution in [3.05, 3.63) is 68.0 Å². The third-order valence-electron chi connectivity index (χ3n) is 3.73. The number of rotatable bonds is 4. The van der Waals surface area contributed by atoms with Gasteiger partial charge in [0.05, 0.1) is 15.0 Å². The van der Waals surface area contributed by atoms with Crippen molar-refractivity contribution in [2.75, 3.05) is 0 Å². The molecule has 2 amide bonds. The van der Waals surface area contributed by atoms with Crippen LogP contribution in [0, 0.1) is 6.92 Å². The van der Waals surface area contributed by atoms with Gasteiger partial charge in [-0.2, -0.15) is 4.99 Å². The van der Waals surface area contributed by atoms with Gasteiger partial charge in [0.1, 0.15) is 6.61 Å². The molecule has 144 valence electrons. The summed E-state index contributed by atoms with van der Waals surface area (Å²) in [6.45, 7) is 3.70. The summed E-state index contributed by atoms with van der Waals surface area (Å²) in [6.07, 6.45) is 1.62. The second-order valence-electron chi connectivity index (χ2n) is 6.10. The number of benzene rings is 2. The average Bonchev–Trinajstić information content (AvgIpc) is 2.94. The van der Waals surface area contributed by atoms with E-state index in [1.54, 1.807) is 18.2 Å². The Hall–Kier alpha value is -2.28. The molecule has 2 aromatic carbocycles. The van der Waals surface area contributed by atoms with Gasteiger partial charge in [0.2, 0.25) is 5.91 Å². The zero-order valence-electron chi connectivity index (χ0n) is 15.1. The molecule has 0 fully saturated rings. The molecular formula is C20H16Cl2N2O3S. The highest BCUT2D eigenvalue weighted by Crippen LogP contribution is 2.36. The lowest BCUT2D eigenvalue weighted by Gasteiger charge is -2.11. The summed E-state index contributed by atoms with van der Waals surface area (Å²) in [5, 5.41) is 3.42. The van der Waals surface area contributed by atoms with Crippen LogP contribution >= 0.6 is 35.0 Å². The number of amidine groups is 1. The fourth-order valence-corrected chi connectivity index (χ4v) is 3.88. The summed E-state index contributed by atoms with van der Waals surface area (Å²) < 4.78 is 5.77. The number of nitrogens with one attached hydrogen (secondary N) is 1. The van der Waals surface area contributed by atoms with E-state index in [2.05, 4.69) is 10.3 Å². The standard InChI is InChI=1S/C20H16Cl2N2O3S/c1-11-3-5-13(6-4-11)10-27-18-15(21)7-14(8-16(18)22)9-17-19(26)24-20(28-17)23-12(2)25/h3-9H,10H2,1-2H3,(H,23,24,25,26). The minimum atomic E-state index is -0.430. The van der Waals surface area contributed by atoms with Gasteiger partial charge < -0.3 is 10.1 Å². The maximum absolute atomic E-state index is 12.0. The largest absolute Gasteiger partial charge is 0.486 e. The molecule has 8 heteroatoms. The summed E-state index contributed by atoms with van der Waals surface area (Å²) in [6, 6.07) is 11.3. The first-order valence-corrected chi connectivity index (χ1v) is 9.86. The van der Waals surface area contributed by atoms with Gasteiger partial charge in [-0.3, -0.25) is 9.59 Å². The van der Waals surface area contributed by atoms with Gasteiger partial charge in [0.15, 0.2) is 10.9 Å². The van der Waals surface area contributed by atoms with Crippen LogP contribution in [0.2, 0.25) is 10.0 Å². The van der Waals surface area contributed by atoms with Crippen LogP contribution in [0.3, 0.4) is 0 Å². The molecule has 0 saturated heterocycles. The molecule has 0 aromatic heterocycles. The predicted octanol–water partition coefficient (Wildman–Crippen LogP) is 4.99. The van der Waals surface area contributed by atoms with Crippen LogP contribution in [0.5, 0.6) is 5.75 Å². The average molecular weight is 435 g/mol. The number of thioether (sulfide) groups is 1. The molecule has 1 aliphatic heterocycles. The van der Waals surface area contributed by atoms with Gasteiger partial charge in [-0.15, -0.1) is 0 Å². The highest BCUT2D eigenvalue weighted by molar-refractivity contribution is 8.18. The van der Waals surface area contributed by atoms with E-state index in [0.29, 0.717) is 32.9 Å². The quantitative estimate of drug-likeness (QED) is 0.688. The van der Waals surface area contributed by atoms with E-state index in [-0.39, 0.29) is 11.1 Å². The third kappa shape index (κ3) is 5.16. The van der Waals surface area contributed by atoms with E-state index in [1.165, 1.54) is 12.5 Å². The van der Waals surface area contributed by atoms with E-state index in [4.69, 9.17) is 27.9 Å². The molecule has 5 nitrogen and oxygen atoms in total. The SMILES string of the molecule is CC(=O)NC1=NC(=O)C(=Cc2cc(Cl)c(OCc3ccc(C)cc3)c(Cl)c2)S1. The number of hydrogen-bond acceptors (Lipinski definition) is 4. The van der Waals surface area contributed by atoms with E-state index < -0.39 is 5.91 Å². The first kappa shape index (κ1) is 20.5. The maximum atomic E-state index is 12.0. The van der Waals surface area contributed by atoms with Gasteiger partial charge in [0.25, 0.3) is 5.91 Å². The monoisotopic (exact) mass is 434 g/mol. The van der Waals surface area contributed by atoms with Crippen molar-refractivity contribution in [1.82, 2.24) is 5.32 Å². The topological polar surface area (TPSA) is 67.8 Å². The molecule has 1 heterocycles. The molecule has 0 aliphatic carbocycles. The normalized spacial score (nSPS) is 14.9. The Morgan fingerprint density at radius 2 is 1.86 bits per heavy atom. The van der Waals surface area contributed by atoms with Gasteiger partial charge in [0, 0.05) is 6.92 Å². The second-order valence-corrected chi connectivity index (χ2v) is 7.95. The Balaban J connectivity index is 1.74. The lowest BCUT2D eigenvalue weighted by Crippen LogP contribution is -2.23. The number of nitrogens with zero attached hydrogens (tertiary/aromatic N) is 1. The number of amides is 2. The van der Waals surface area contributed by atoms with Crippen LogP contribution < -0.4 is 10.1 Å². The molecule has 0 saturated carbocycles. The fraction of sp³-hybridized carbons (Fsp3) is 0.150. The van der Waals surface area contributed by atoms with Crippen molar-refractivity contribution in [2.24, 2.45) is 4.99 Å². The Kier molecular flexibility index (Phi) is 6.44. The van der Waals surface area contributed by atoms with Crippen molar-refractivity contribution in [3.63, 3.8) is 0 Å². The van der Waals surface area contributed by atoms with E-state index >= 15 is 0 Å². The number of aliphatic imine (C=N–C) groups is 1.